The van der Waals surface area contributed by atoms with Crippen LogP contribution in [0, 0.1) is 5.82 Å². The van der Waals surface area contributed by atoms with Gasteiger partial charge in [-0.05, 0) is 61.6 Å². The lowest BCUT2D eigenvalue weighted by molar-refractivity contribution is 0.182. The van der Waals surface area contributed by atoms with Crippen LogP contribution in [0.4, 0.5) is 4.39 Å². The summed E-state index contributed by atoms with van der Waals surface area (Å²) in [6.45, 7) is 5.87. The molecule has 160 valence electrons. The molecule has 4 nitrogen and oxygen atoms in total. The van der Waals surface area contributed by atoms with E-state index in [1.807, 2.05) is 42.5 Å². The fraction of sp³-hybridized carbons (Fsp3) is 0.231. The first-order valence-corrected chi connectivity index (χ1v) is 10.4. The molecule has 0 radical (unpaired) electrons. The minimum Gasteiger partial charge on any atom is -0.490 e. The molecule has 3 aromatic rings. The van der Waals surface area contributed by atoms with E-state index in [2.05, 4.69) is 16.5 Å². The second-order valence-electron chi connectivity index (χ2n) is 7.34. The van der Waals surface area contributed by atoms with E-state index in [-0.39, 0.29) is 11.9 Å². The van der Waals surface area contributed by atoms with Gasteiger partial charge in [0.2, 0.25) is 0 Å². The highest BCUT2D eigenvalue weighted by Crippen LogP contribution is 2.25. The Morgan fingerprint density at radius 2 is 1.84 bits per heavy atom. The SMILES string of the molecule is C=CCOc1ccc(-c2cnc(-c3ccc(/C=C/CCCC(C)O)cc3F)nc2)cc1. The van der Waals surface area contributed by atoms with Crippen molar-refractivity contribution in [1.82, 2.24) is 9.97 Å². The van der Waals surface area contributed by atoms with Crippen molar-refractivity contribution in [2.45, 2.75) is 32.3 Å². The van der Waals surface area contributed by atoms with E-state index in [9.17, 15) is 9.50 Å². The fourth-order valence-electron chi connectivity index (χ4n) is 3.08. The number of aliphatic hydroxyl groups excluding tert-OH is 1. The predicted molar refractivity (Wildman–Crippen MR) is 123 cm³/mol. The number of unbranched alkanes of at least 4 members (excludes halogenated alkanes) is 1. The topological polar surface area (TPSA) is 55.2 Å². The zero-order valence-electron chi connectivity index (χ0n) is 17.7. The van der Waals surface area contributed by atoms with Crippen molar-refractivity contribution in [2.24, 2.45) is 0 Å². The molecular formula is C26H27FN2O2. The van der Waals surface area contributed by atoms with Crippen LogP contribution in [0.25, 0.3) is 28.6 Å². The van der Waals surface area contributed by atoms with Gasteiger partial charge in [-0.3, -0.25) is 0 Å². The number of allylic oxidation sites excluding steroid dienone is 1. The molecule has 3 rings (SSSR count). The molecule has 0 aliphatic rings. The molecule has 1 unspecified atom stereocenters. The first-order chi connectivity index (χ1) is 15.1. The van der Waals surface area contributed by atoms with Crippen LogP contribution >= 0.6 is 0 Å². The summed E-state index contributed by atoms with van der Waals surface area (Å²) >= 11 is 0. The second-order valence-corrected chi connectivity index (χ2v) is 7.34. The zero-order valence-corrected chi connectivity index (χ0v) is 17.7. The van der Waals surface area contributed by atoms with Gasteiger partial charge in [0, 0.05) is 18.0 Å². The molecule has 2 aromatic carbocycles. The number of aromatic nitrogens is 2. The molecule has 0 saturated heterocycles. The Labute approximate surface area is 182 Å². The van der Waals surface area contributed by atoms with Crippen molar-refractivity contribution in [3.63, 3.8) is 0 Å². The van der Waals surface area contributed by atoms with Crippen LogP contribution in [-0.2, 0) is 0 Å². The van der Waals surface area contributed by atoms with Gasteiger partial charge in [-0.15, -0.1) is 0 Å². The standard InChI is InChI=1S/C26H27FN2O2/c1-3-15-31-23-12-10-21(11-13-23)22-17-28-26(29-18-22)24-14-9-20(16-25(24)27)8-6-4-5-7-19(2)30/h3,6,8-14,16-19,30H,1,4-5,7,15H2,2H3/b8-6+. The number of nitrogens with zero attached hydrogens (tertiary/aromatic N) is 2. The smallest absolute Gasteiger partial charge is 0.162 e. The minimum atomic E-state index is -0.359. The summed E-state index contributed by atoms with van der Waals surface area (Å²) in [5.41, 5.74) is 2.95. The number of halogens is 1. The lowest BCUT2D eigenvalue weighted by atomic mass is 10.1. The largest absolute Gasteiger partial charge is 0.490 e. The highest BCUT2D eigenvalue weighted by Gasteiger charge is 2.09. The molecular weight excluding hydrogens is 391 g/mol. The van der Waals surface area contributed by atoms with Gasteiger partial charge >= 0.3 is 0 Å². The van der Waals surface area contributed by atoms with Crippen molar-refractivity contribution in [3.8, 4) is 28.3 Å². The van der Waals surface area contributed by atoms with Crippen LogP contribution in [0.3, 0.4) is 0 Å². The van der Waals surface area contributed by atoms with E-state index in [4.69, 9.17) is 4.74 Å². The van der Waals surface area contributed by atoms with Crippen LogP contribution in [0.5, 0.6) is 5.75 Å². The highest BCUT2D eigenvalue weighted by atomic mass is 19.1. The number of rotatable bonds is 10. The molecule has 0 aliphatic heterocycles. The summed E-state index contributed by atoms with van der Waals surface area (Å²) in [5.74, 6) is 0.752. The first kappa shape index (κ1) is 22.4. The number of hydrogen-bond donors (Lipinski definition) is 1. The van der Waals surface area contributed by atoms with Crippen LogP contribution in [0.1, 0.15) is 31.7 Å². The quantitative estimate of drug-likeness (QED) is 0.320. The third-order valence-corrected chi connectivity index (χ3v) is 4.74. The summed E-state index contributed by atoms with van der Waals surface area (Å²) < 4.78 is 20.1. The van der Waals surface area contributed by atoms with E-state index in [0.717, 1.165) is 41.7 Å². The fourth-order valence-corrected chi connectivity index (χ4v) is 3.08. The Hall–Kier alpha value is -3.31. The predicted octanol–water partition coefficient (Wildman–Crippen LogP) is 6.08. The van der Waals surface area contributed by atoms with E-state index in [1.165, 1.54) is 6.07 Å². The molecule has 0 amide bonds. The zero-order chi connectivity index (χ0) is 22.1. The molecule has 5 heteroatoms. The average molecular weight is 419 g/mol. The van der Waals surface area contributed by atoms with Gasteiger partial charge in [-0.1, -0.05) is 43.0 Å². The van der Waals surface area contributed by atoms with Gasteiger partial charge in [0.1, 0.15) is 18.2 Å². The van der Waals surface area contributed by atoms with Gasteiger partial charge in [-0.2, -0.15) is 0 Å². The van der Waals surface area contributed by atoms with Gasteiger partial charge in [0.15, 0.2) is 5.82 Å². The number of ether oxygens (including phenoxy) is 1. The van der Waals surface area contributed by atoms with E-state index in [1.54, 1.807) is 31.5 Å². The van der Waals surface area contributed by atoms with Crippen molar-refractivity contribution in [3.05, 3.63) is 85.0 Å². The van der Waals surface area contributed by atoms with Crippen molar-refractivity contribution in [2.75, 3.05) is 6.61 Å². The van der Waals surface area contributed by atoms with Crippen LogP contribution < -0.4 is 4.74 Å². The van der Waals surface area contributed by atoms with Crippen LogP contribution in [0.15, 0.2) is 73.6 Å². The van der Waals surface area contributed by atoms with Crippen LogP contribution in [-0.4, -0.2) is 27.8 Å². The lowest BCUT2D eigenvalue weighted by Crippen LogP contribution is -1.97. The maximum Gasteiger partial charge on any atom is 0.162 e. The summed E-state index contributed by atoms with van der Waals surface area (Å²) in [6.07, 6.45) is 11.2. The Morgan fingerprint density at radius 1 is 1.10 bits per heavy atom. The molecule has 0 aliphatic carbocycles. The molecule has 1 heterocycles. The molecule has 31 heavy (non-hydrogen) atoms. The van der Waals surface area contributed by atoms with Crippen LogP contribution in [0.2, 0.25) is 0 Å². The first-order valence-electron chi connectivity index (χ1n) is 10.4. The lowest BCUT2D eigenvalue weighted by Gasteiger charge is -2.07. The van der Waals surface area contributed by atoms with E-state index < -0.39 is 0 Å². The Kier molecular flexibility index (Phi) is 8.07. The number of hydrogen-bond acceptors (Lipinski definition) is 4. The van der Waals surface area contributed by atoms with Gasteiger partial charge in [-0.25, -0.2) is 14.4 Å². The second kappa shape index (κ2) is 11.2. The maximum atomic E-state index is 14.6. The van der Waals surface area contributed by atoms with E-state index in [0.29, 0.717) is 18.0 Å². The van der Waals surface area contributed by atoms with Crippen molar-refractivity contribution < 1.29 is 14.2 Å². The molecule has 0 spiro atoms. The Bertz CT molecular complexity index is 1010. The van der Waals surface area contributed by atoms with Crippen molar-refractivity contribution >= 4 is 6.08 Å². The third kappa shape index (κ3) is 6.59. The van der Waals surface area contributed by atoms with Gasteiger partial charge in [0.25, 0.3) is 0 Å². The highest BCUT2D eigenvalue weighted by molar-refractivity contribution is 5.65. The monoisotopic (exact) mass is 418 g/mol. The summed E-state index contributed by atoms with van der Waals surface area (Å²) in [7, 11) is 0. The molecule has 0 bridgehead atoms. The molecule has 1 atom stereocenters. The molecule has 1 N–H and O–H groups in total. The summed E-state index contributed by atoms with van der Waals surface area (Å²) in [6, 6.07) is 12.7. The number of aliphatic hydroxyl groups is 1. The van der Waals surface area contributed by atoms with Gasteiger partial charge in [0.05, 0.1) is 11.7 Å². The molecule has 0 saturated carbocycles. The van der Waals surface area contributed by atoms with Crippen molar-refractivity contribution in [1.29, 1.82) is 0 Å². The molecule has 1 aromatic heterocycles. The van der Waals surface area contributed by atoms with Gasteiger partial charge < -0.3 is 9.84 Å². The molecule has 0 fully saturated rings. The summed E-state index contributed by atoms with van der Waals surface area (Å²) in [4.78, 5) is 8.71. The third-order valence-electron chi connectivity index (χ3n) is 4.74. The minimum absolute atomic E-state index is 0.285. The maximum absolute atomic E-state index is 14.6. The Morgan fingerprint density at radius 3 is 2.48 bits per heavy atom. The Balaban J connectivity index is 1.66. The van der Waals surface area contributed by atoms with E-state index >= 15 is 0 Å². The summed E-state index contributed by atoms with van der Waals surface area (Å²) in [5, 5.41) is 9.27. The normalized spacial score (nSPS) is 12.1. The average Bonchev–Trinajstić information content (AvgIpc) is 2.78. The number of benzene rings is 2.